The van der Waals surface area contributed by atoms with E-state index in [9.17, 15) is 9.59 Å². The summed E-state index contributed by atoms with van der Waals surface area (Å²) in [6, 6.07) is 0. The van der Waals surface area contributed by atoms with Gasteiger partial charge in [0.1, 0.15) is 5.69 Å². The van der Waals surface area contributed by atoms with Gasteiger partial charge in [-0.1, -0.05) is 0 Å². The number of aromatic carboxylic acids is 1. The molecule has 14 heavy (non-hydrogen) atoms. The van der Waals surface area contributed by atoms with Crippen molar-refractivity contribution in [3.05, 3.63) is 22.5 Å². The minimum Gasteiger partial charge on any atom is -0.478 e. The predicted molar refractivity (Wildman–Crippen MR) is 49.5 cm³/mol. The summed E-state index contributed by atoms with van der Waals surface area (Å²) in [5.74, 6) is 3.64. The van der Waals surface area contributed by atoms with E-state index < -0.39 is 11.9 Å². The van der Waals surface area contributed by atoms with Crippen LogP contribution in [0.2, 0.25) is 0 Å². The number of primary amides is 1. The molecular formula is C8H11N3O3. The zero-order valence-corrected chi connectivity index (χ0v) is 7.87. The zero-order chi connectivity index (χ0) is 11.0. The Kier molecular flexibility index (Phi) is 2.21. The summed E-state index contributed by atoms with van der Waals surface area (Å²) < 4.78 is 1.00. The van der Waals surface area contributed by atoms with Gasteiger partial charge in [-0.05, 0) is 19.4 Å². The van der Waals surface area contributed by atoms with Crippen molar-refractivity contribution in [1.82, 2.24) is 4.68 Å². The molecule has 1 rings (SSSR count). The molecule has 6 heteroatoms. The van der Waals surface area contributed by atoms with Crippen LogP contribution in [0.4, 0.5) is 0 Å². The van der Waals surface area contributed by atoms with E-state index >= 15 is 0 Å². The number of nitrogens with two attached hydrogens (primary N) is 2. The fourth-order valence-electron chi connectivity index (χ4n) is 1.48. The Morgan fingerprint density at radius 2 is 1.86 bits per heavy atom. The van der Waals surface area contributed by atoms with Crippen LogP contribution in [-0.2, 0) is 0 Å². The molecule has 1 heterocycles. The summed E-state index contributed by atoms with van der Waals surface area (Å²) in [4.78, 5) is 21.8. The first-order valence-electron chi connectivity index (χ1n) is 3.88. The van der Waals surface area contributed by atoms with Crippen molar-refractivity contribution in [3.8, 4) is 0 Å². The average molecular weight is 197 g/mol. The Morgan fingerprint density at radius 1 is 1.36 bits per heavy atom. The Hall–Kier alpha value is -1.98. The molecule has 0 fully saturated rings. The number of rotatable bonds is 2. The second kappa shape index (κ2) is 3.06. The number of aromatic nitrogens is 1. The van der Waals surface area contributed by atoms with E-state index in [-0.39, 0.29) is 11.3 Å². The van der Waals surface area contributed by atoms with Gasteiger partial charge in [-0.25, -0.2) is 4.79 Å². The molecule has 0 radical (unpaired) electrons. The van der Waals surface area contributed by atoms with Crippen molar-refractivity contribution >= 4 is 11.9 Å². The third-order valence-electron chi connectivity index (χ3n) is 2.14. The van der Waals surface area contributed by atoms with Crippen molar-refractivity contribution < 1.29 is 14.7 Å². The molecule has 1 aromatic heterocycles. The van der Waals surface area contributed by atoms with E-state index in [1.54, 1.807) is 0 Å². The summed E-state index contributed by atoms with van der Waals surface area (Å²) in [5.41, 5.74) is 5.73. The fourth-order valence-corrected chi connectivity index (χ4v) is 1.48. The molecule has 0 unspecified atom stereocenters. The summed E-state index contributed by atoms with van der Waals surface area (Å²) in [7, 11) is 0. The quantitative estimate of drug-likeness (QED) is 0.561. The molecule has 0 bridgehead atoms. The van der Waals surface area contributed by atoms with E-state index in [4.69, 9.17) is 16.7 Å². The minimum atomic E-state index is -1.12. The van der Waals surface area contributed by atoms with Crippen LogP contribution >= 0.6 is 0 Å². The van der Waals surface area contributed by atoms with Gasteiger partial charge in [-0.15, -0.1) is 0 Å². The molecule has 0 saturated heterocycles. The lowest BCUT2D eigenvalue weighted by atomic mass is 10.1. The first-order valence-corrected chi connectivity index (χ1v) is 3.88. The second-order valence-corrected chi connectivity index (χ2v) is 2.97. The molecule has 0 atom stereocenters. The highest BCUT2D eigenvalue weighted by Gasteiger charge is 2.23. The summed E-state index contributed by atoms with van der Waals surface area (Å²) in [6.07, 6.45) is 0. The van der Waals surface area contributed by atoms with Gasteiger partial charge in [0.25, 0.3) is 5.91 Å². The Labute approximate surface area is 80.1 Å². The number of carbonyl (C=O) groups excluding carboxylic acids is 1. The Morgan fingerprint density at radius 3 is 2.07 bits per heavy atom. The topological polar surface area (TPSA) is 111 Å². The second-order valence-electron chi connectivity index (χ2n) is 2.97. The molecule has 0 aliphatic heterocycles. The van der Waals surface area contributed by atoms with Gasteiger partial charge < -0.3 is 16.7 Å². The van der Waals surface area contributed by atoms with Gasteiger partial charge in [0.2, 0.25) is 0 Å². The fraction of sp³-hybridized carbons (Fsp3) is 0.250. The molecular weight excluding hydrogens is 186 g/mol. The highest BCUT2D eigenvalue weighted by atomic mass is 16.4. The molecule has 0 aliphatic carbocycles. The van der Waals surface area contributed by atoms with Gasteiger partial charge in [0.15, 0.2) is 0 Å². The molecule has 0 spiro atoms. The van der Waals surface area contributed by atoms with E-state index in [2.05, 4.69) is 0 Å². The summed E-state index contributed by atoms with van der Waals surface area (Å²) in [5, 5.41) is 8.85. The predicted octanol–water partition coefficient (Wildman–Crippen LogP) is -0.384. The van der Waals surface area contributed by atoms with E-state index in [0.717, 1.165) is 4.68 Å². The van der Waals surface area contributed by atoms with Gasteiger partial charge in [-0.3, -0.25) is 9.47 Å². The van der Waals surface area contributed by atoms with Crippen molar-refractivity contribution in [2.24, 2.45) is 5.73 Å². The van der Waals surface area contributed by atoms with Crippen LogP contribution in [0.5, 0.6) is 0 Å². The SMILES string of the molecule is Cc1c(C(=O)O)c(C)n(N)c1C(N)=O. The largest absolute Gasteiger partial charge is 0.478 e. The van der Waals surface area contributed by atoms with Gasteiger partial charge in [0, 0.05) is 0 Å². The number of hydrogen-bond donors (Lipinski definition) is 3. The van der Waals surface area contributed by atoms with Crippen molar-refractivity contribution in [1.29, 1.82) is 0 Å². The molecule has 76 valence electrons. The summed E-state index contributed by atoms with van der Waals surface area (Å²) >= 11 is 0. The maximum Gasteiger partial charge on any atom is 0.337 e. The van der Waals surface area contributed by atoms with E-state index in [1.165, 1.54) is 13.8 Å². The first kappa shape index (κ1) is 10.1. The normalized spacial score (nSPS) is 10.1. The average Bonchev–Trinajstić information content (AvgIpc) is 2.23. The zero-order valence-electron chi connectivity index (χ0n) is 7.87. The molecule has 0 saturated carbocycles. The van der Waals surface area contributed by atoms with Crippen molar-refractivity contribution in [3.63, 3.8) is 0 Å². The highest BCUT2D eigenvalue weighted by molar-refractivity contribution is 5.99. The van der Waals surface area contributed by atoms with Crippen LogP contribution in [0, 0.1) is 13.8 Å². The maximum absolute atomic E-state index is 11.0. The van der Waals surface area contributed by atoms with Crippen LogP contribution in [0.25, 0.3) is 0 Å². The number of carboxylic acid groups (broad SMARTS) is 1. The number of nitrogens with zero attached hydrogens (tertiary/aromatic N) is 1. The third kappa shape index (κ3) is 1.20. The smallest absolute Gasteiger partial charge is 0.337 e. The number of amides is 1. The number of carboxylic acids is 1. The van der Waals surface area contributed by atoms with E-state index in [0.29, 0.717) is 11.3 Å². The lowest BCUT2D eigenvalue weighted by Crippen LogP contribution is -2.23. The first-order chi connectivity index (χ1) is 6.37. The minimum absolute atomic E-state index is 0.0277. The highest BCUT2D eigenvalue weighted by Crippen LogP contribution is 2.19. The standard InChI is InChI=1S/C8H11N3O3/c1-3-5(8(13)14)4(2)11(10)6(3)7(9)12/h10H2,1-2H3,(H2,9,12)(H,13,14). The van der Waals surface area contributed by atoms with Crippen LogP contribution < -0.4 is 11.6 Å². The molecule has 5 N–H and O–H groups in total. The van der Waals surface area contributed by atoms with Crippen molar-refractivity contribution in [2.45, 2.75) is 13.8 Å². The lowest BCUT2D eigenvalue weighted by Gasteiger charge is -2.00. The molecule has 0 aromatic carbocycles. The molecule has 1 aromatic rings. The van der Waals surface area contributed by atoms with Crippen molar-refractivity contribution in [2.75, 3.05) is 5.84 Å². The summed E-state index contributed by atoms with van der Waals surface area (Å²) in [6.45, 7) is 3.02. The number of hydrogen-bond acceptors (Lipinski definition) is 3. The monoisotopic (exact) mass is 197 g/mol. The van der Waals surface area contributed by atoms with Gasteiger partial charge in [-0.2, -0.15) is 0 Å². The van der Waals surface area contributed by atoms with E-state index in [1.807, 2.05) is 0 Å². The van der Waals surface area contributed by atoms with Gasteiger partial charge >= 0.3 is 5.97 Å². The molecule has 1 amide bonds. The number of carbonyl (C=O) groups is 2. The maximum atomic E-state index is 11.0. The lowest BCUT2D eigenvalue weighted by molar-refractivity contribution is 0.0695. The van der Waals surface area contributed by atoms with Crippen LogP contribution in [-0.4, -0.2) is 21.7 Å². The Bertz CT molecular complexity index is 382. The van der Waals surface area contributed by atoms with Crippen LogP contribution in [0.1, 0.15) is 32.1 Å². The molecule has 0 aliphatic rings. The van der Waals surface area contributed by atoms with Gasteiger partial charge in [0.05, 0.1) is 11.3 Å². The van der Waals surface area contributed by atoms with Crippen LogP contribution in [0.15, 0.2) is 0 Å². The third-order valence-corrected chi connectivity index (χ3v) is 2.14. The van der Waals surface area contributed by atoms with Crippen LogP contribution in [0.3, 0.4) is 0 Å². The number of nitrogen functional groups attached to an aromatic ring is 1. The molecule has 6 nitrogen and oxygen atoms in total. The Balaban J connectivity index is 3.57.